The topological polar surface area (TPSA) is 15.3 Å². The number of nitrogens with zero attached hydrogens (tertiary/aromatic N) is 1. The fourth-order valence-corrected chi connectivity index (χ4v) is 4.06. The van der Waals surface area contributed by atoms with Gasteiger partial charge in [-0.25, -0.2) is 4.39 Å². The van der Waals surface area contributed by atoms with E-state index >= 15 is 0 Å². The van der Waals surface area contributed by atoms with Crippen molar-refractivity contribution in [3.05, 3.63) is 29.6 Å². The maximum Gasteiger partial charge on any atom is 0.146 e. The van der Waals surface area contributed by atoms with E-state index in [9.17, 15) is 4.39 Å². The number of anilines is 1. The van der Waals surface area contributed by atoms with Crippen molar-refractivity contribution in [2.75, 3.05) is 18.0 Å². The number of rotatable bonds is 5. The Balaban J connectivity index is 1.72. The highest BCUT2D eigenvalue weighted by Crippen LogP contribution is 2.39. The molecule has 2 unspecified atom stereocenters. The van der Waals surface area contributed by atoms with Crippen molar-refractivity contribution in [3.8, 4) is 0 Å². The summed E-state index contributed by atoms with van der Waals surface area (Å²) in [5, 5.41) is 3.33. The van der Waals surface area contributed by atoms with Crippen molar-refractivity contribution in [3.63, 3.8) is 0 Å². The molecule has 1 saturated carbocycles. The van der Waals surface area contributed by atoms with Crippen molar-refractivity contribution in [2.45, 2.75) is 58.0 Å². The summed E-state index contributed by atoms with van der Waals surface area (Å²) in [6.07, 6.45) is 7.54. The molecule has 3 heteroatoms. The molecule has 21 heavy (non-hydrogen) atoms. The van der Waals surface area contributed by atoms with Crippen LogP contribution in [-0.2, 0) is 6.54 Å². The molecule has 1 aromatic rings. The third-order valence-electron chi connectivity index (χ3n) is 5.07. The SMILES string of the molecule is CCCNCc1ccc(N2CCCC3CCCC32)c(F)c1. The molecule has 1 heterocycles. The number of benzene rings is 1. The molecule has 2 aliphatic rings. The lowest BCUT2D eigenvalue weighted by Gasteiger charge is -2.39. The van der Waals surface area contributed by atoms with Gasteiger partial charge in [-0.2, -0.15) is 0 Å². The van der Waals surface area contributed by atoms with Gasteiger partial charge >= 0.3 is 0 Å². The zero-order valence-corrected chi connectivity index (χ0v) is 13.1. The number of piperidine rings is 1. The van der Waals surface area contributed by atoms with Gasteiger partial charge in [0.15, 0.2) is 0 Å². The molecule has 0 bridgehead atoms. The fourth-order valence-electron chi connectivity index (χ4n) is 4.06. The summed E-state index contributed by atoms with van der Waals surface area (Å²) >= 11 is 0. The van der Waals surface area contributed by atoms with E-state index in [-0.39, 0.29) is 5.82 Å². The maximum absolute atomic E-state index is 14.5. The van der Waals surface area contributed by atoms with Crippen LogP contribution < -0.4 is 10.2 Å². The molecular formula is C18H27FN2. The lowest BCUT2D eigenvalue weighted by molar-refractivity contribution is 0.359. The van der Waals surface area contributed by atoms with E-state index in [0.717, 1.165) is 43.2 Å². The largest absolute Gasteiger partial charge is 0.366 e. The highest BCUT2D eigenvalue weighted by molar-refractivity contribution is 5.51. The van der Waals surface area contributed by atoms with E-state index in [1.54, 1.807) is 6.07 Å². The highest BCUT2D eigenvalue weighted by Gasteiger charge is 2.35. The number of hydrogen-bond donors (Lipinski definition) is 1. The van der Waals surface area contributed by atoms with E-state index in [1.807, 2.05) is 6.07 Å². The minimum atomic E-state index is -0.0432. The molecule has 1 aliphatic carbocycles. The zero-order chi connectivity index (χ0) is 14.7. The predicted molar refractivity (Wildman–Crippen MR) is 86.1 cm³/mol. The molecule has 0 aromatic heterocycles. The van der Waals surface area contributed by atoms with Gasteiger partial charge in [-0.1, -0.05) is 19.4 Å². The first-order valence-electron chi connectivity index (χ1n) is 8.55. The summed E-state index contributed by atoms with van der Waals surface area (Å²) in [5.74, 6) is 0.752. The Morgan fingerprint density at radius 2 is 2.10 bits per heavy atom. The second-order valence-electron chi connectivity index (χ2n) is 6.56. The van der Waals surface area contributed by atoms with Crippen molar-refractivity contribution in [1.29, 1.82) is 0 Å². The summed E-state index contributed by atoms with van der Waals surface area (Å²) in [6.45, 7) is 4.91. The summed E-state index contributed by atoms with van der Waals surface area (Å²) in [7, 11) is 0. The molecular weight excluding hydrogens is 263 g/mol. The first-order valence-corrected chi connectivity index (χ1v) is 8.55. The molecule has 1 aliphatic heterocycles. The lowest BCUT2D eigenvalue weighted by Crippen LogP contribution is -2.43. The van der Waals surface area contributed by atoms with Crippen LogP contribution in [0, 0.1) is 11.7 Å². The summed E-state index contributed by atoms with van der Waals surface area (Å²) in [4.78, 5) is 2.35. The molecule has 1 aromatic carbocycles. The van der Waals surface area contributed by atoms with Crippen LogP contribution in [0.3, 0.4) is 0 Å². The summed E-state index contributed by atoms with van der Waals surface area (Å²) in [5.41, 5.74) is 1.87. The van der Waals surface area contributed by atoms with Crippen molar-refractivity contribution < 1.29 is 4.39 Å². The van der Waals surface area contributed by atoms with Crippen LogP contribution >= 0.6 is 0 Å². The molecule has 2 atom stereocenters. The van der Waals surface area contributed by atoms with Gasteiger partial charge in [0.25, 0.3) is 0 Å². The van der Waals surface area contributed by atoms with Crippen molar-refractivity contribution >= 4 is 5.69 Å². The van der Waals surface area contributed by atoms with Crippen LogP contribution in [0.5, 0.6) is 0 Å². The van der Waals surface area contributed by atoms with Crippen LogP contribution in [0.2, 0.25) is 0 Å². The highest BCUT2D eigenvalue weighted by atomic mass is 19.1. The van der Waals surface area contributed by atoms with E-state index in [0.29, 0.717) is 6.04 Å². The molecule has 0 spiro atoms. The van der Waals surface area contributed by atoms with E-state index in [1.165, 1.54) is 32.1 Å². The van der Waals surface area contributed by atoms with Gasteiger partial charge in [0.05, 0.1) is 5.69 Å². The molecule has 3 rings (SSSR count). The average Bonchev–Trinajstić information content (AvgIpc) is 2.96. The van der Waals surface area contributed by atoms with Crippen LogP contribution in [0.1, 0.15) is 51.0 Å². The Morgan fingerprint density at radius 3 is 2.90 bits per heavy atom. The second-order valence-corrected chi connectivity index (χ2v) is 6.56. The van der Waals surface area contributed by atoms with Gasteiger partial charge in [-0.05, 0) is 62.3 Å². The van der Waals surface area contributed by atoms with Crippen LogP contribution in [0.4, 0.5) is 10.1 Å². The molecule has 0 radical (unpaired) electrons. The fraction of sp³-hybridized carbons (Fsp3) is 0.667. The Kier molecular flexibility index (Phi) is 4.79. The second kappa shape index (κ2) is 6.78. The normalized spacial score (nSPS) is 25.1. The standard InChI is InChI=1S/C18H27FN2/c1-2-10-20-13-14-8-9-18(16(19)12-14)21-11-4-6-15-5-3-7-17(15)21/h8-9,12,15,17,20H,2-7,10-11,13H2,1H3. The number of fused-ring (bicyclic) bond motifs is 1. The monoisotopic (exact) mass is 290 g/mol. The van der Waals surface area contributed by atoms with Crippen molar-refractivity contribution in [2.24, 2.45) is 5.92 Å². The smallest absolute Gasteiger partial charge is 0.146 e. The Morgan fingerprint density at radius 1 is 1.24 bits per heavy atom. The predicted octanol–water partition coefficient (Wildman–Crippen LogP) is 4.09. The van der Waals surface area contributed by atoms with Gasteiger partial charge in [0, 0.05) is 19.1 Å². The molecule has 0 amide bonds. The van der Waals surface area contributed by atoms with Crippen LogP contribution in [0.15, 0.2) is 18.2 Å². The third-order valence-corrected chi connectivity index (χ3v) is 5.07. The quantitative estimate of drug-likeness (QED) is 0.822. The first-order chi connectivity index (χ1) is 10.3. The molecule has 1 saturated heterocycles. The van der Waals surface area contributed by atoms with Gasteiger partial charge in [-0.3, -0.25) is 0 Å². The number of hydrogen-bond acceptors (Lipinski definition) is 2. The lowest BCUT2D eigenvalue weighted by atomic mass is 9.91. The summed E-state index contributed by atoms with van der Waals surface area (Å²) < 4.78 is 14.5. The Labute approximate surface area is 127 Å². The maximum atomic E-state index is 14.5. The molecule has 2 nitrogen and oxygen atoms in total. The Hall–Kier alpha value is -1.09. The van der Waals surface area contributed by atoms with Crippen LogP contribution in [-0.4, -0.2) is 19.1 Å². The minimum Gasteiger partial charge on any atom is -0.366 e. The van der Waals surface area contributed by atoms with E-state index < -0.39 is 0 Å². The average molecular weight is 290 g/mol. The van der Waals surface area contributed by atoms with Gasteiger partial charge in [0.1, 0.15) is 5.82 Å². The summed E-state index contributed by atoms with van der Waals surface area (Å²) in [6, 6.07) is 6.38. The molecule has 2 fully saturated rings. The number of halogens is 1. The van der Waals surface area contributed by atoms with Crippen LogP contribution in [0.25, 0.3) is 0 Å². The third kappa shape index (κ3) is 3.23. The zero-order valence-electron chi connectivity index (χ0n) is 13.1. The first kappa shape index (κ1) is 14.8. The molecule has 116 valence electrons. The van der Waals surface area contributed by atoms with E-state index in [4.69, 9.17) is 0 Å². The van der Waals surface area contributed by atoms with Crippen molar-refractivity contribution in [1.82, 2.24) is 5.32 Å². The van der Waals surface area contributed by atoms with Gasteiger partial charge in [0.2, 0.25) is 0 Å². The van der Waals surface area contributed by atoms with E-state index in [2.05, 4.69) is 23.2 Å². The minimum absolute atomic E-state index is 0.0432. The van der Waals surface area contributed by atoms with Gasteiger partial charge in [-0.15, -0.1) is 0 Å². The number of nitrogens with one attached hydrogen (secondary N) is 1. The molecule has 1 N–H and O–H groups in total. The van der Waals surface area contributed by atoms with Gasteiger partial charge < -0.3 is 10.2 Å². The Bertz CT molecular complexity index is 474.